The van der Waals surface area contributed by atoms with Crippen molar-refractivity contribution in [2.75, 3.05) is 19.7 Å². The van der Waals surface area contributed by atoms with Gasteiger partial charge in [-0.25, -0.2) is 4.39 Å². The smallest absolute Gasteiger partial charge is 0.261 e. The largest absolute Gasteiger partial charge is 0.484 e. The third-order valence-electron chi connectivity index (χ3n) is 4.56. The zero-order valence-electron chi connectivity index (χ0n) is 14.8. The molecule has 0 saturated carbocycles. The summed E-state index contributed by atoms with van der Waals surface area (Å²) in [5.74, 6) is -0.336. The van der Waals surface area contributed by atoms with Gasteiger partial charge >= 0.3 is 0 Å². The molecule has 1 fully saturated rings. The Bertz CT molecular complexity index is 820. The first-order valence-corrected chi connectivity index (χ1v) is 8.48. The van der Waals surface area contributed by atoms with Crippen molar-refractivity contribution in [2.45, 2.75) is 19.9 Å². The molecule has 1 aliphatic rings. The van der Waals surface area contributed by atoms with Gasteiger partial charge in [0.05, 0.1) is 0 Å². The van der Waals surface area contributed by atoms with E-state index in [1.54, 1.807) is 0 Å². The number of hydrogen-bond donors (Lipinski definition) is 1. The molecule has 6 heteroatoms. The van der Waals surface area contributed by atoms with Crippen molar-refractivity contribution in [3.8, 4) is 5.75 Å². The molecule has 136 valence electrons. The fourth-order valence-electron chi connectivity index (χ4n) is 2.94. The highest BCUT2D eigenvalue weighted by atomic mass is 19.1. The number of halogens is 1. The fraction of sp³-hybridized carbons (Fsp3) is 0.300. The Hall–Kier alpha value is -2.89. The molecule has 0 aromatic heterocycles. The lowest BCUT2D eigenvalue weighted by molar-refractivity contribution is -0.145. The van der Waals surface area contributed by atoms with E-state index < -0.39 is 6.04 Å². The van der Waals surface area contributed by atoms with Crippen LogP contribution in [0.15, 0.2) is 42.5 Å². The van der Waals surface area contributed by atoms with E-state index in [9.17, 15) is 14.0 Å². The summed E-state index contributed by atoms with van der Waals surface area (Å²) in [4.78, 5) is 26.5. The van der Waals surface area contributed by atoms with Crippen LogP contribution in [0.2, 0.25) is 0 Å². The molecule has 0 aliphatic carbocycles. The van der Waals surface area contributed by atoms with Gasteiger partial charge in [-0.1, -0.05) is 18.2 Å². The number of carbonyl (C=O) groups excluding carboxylic acids is 2. The van der Waals surface area contributed by atoms with E-state index >= 15 is 0 Å². The number of amides is 2. The number of rotatable bonds is 4. The molecule has 1 saturated heterocycles. The maximum absolute atomic E-state index is 13.2. The number of benzene rings is 2. The van der Waals surface area contributed by atoms with Crippen molar-refractivity contribution in [1.82, 2.24) is 10.2 Å². The minimum Gasteiger partial charge on any atom is -0.484 e. The first kappa shape index (κ1) is 17.9. The molecule has 26 heavy (non-hydrogen) atoms. The van der Waals surface area contributed by atoms with Crippen LogP contribution in [0, 0.1) is 19.7 Å². The molecule has 5 nitrogen and oxygen atoms in total. The van der Waals surface area contributed by atoms with E-state index in [1.807, 2.05) is 32.0 Å². The summed E-state index contributed by atoms with van der Waals surface area (Å²) in [6.45, 7) is 4.58. The number of carbonyl (C=O) groups is 2. The quantitative estimate of drug-likeness (QED) is 0.916. The van der Waals surface area contributed by atoms with Crippen molar-refractivity contribution in [1.29, 1.82) is 0 Å². The lowest BCUT2D eigenvalue weighted by atomic mass is 10.0. The Morgan fingerprint density at radius 1 is 1.19 bits per heavy atom. The Balaban J connectivity index is 1.74. The first-order chi connectivity index (χ1) is 12.5. The van der Waals surface area contributed by atoms with Gasteiger partial charge < -0.3 is 15.0 Å². The summed E-state index contributed by atoms with van der Waals surface area (Å²) in [6, 6.07) is 10.5. The summed E-state index contributed by atoms with van der Waals surface area (Å²) in [5.41, 5.74) is 2.80. The van der Waals surface area contributed by atoms with Crippen LogP contribution in [0.4, 0.5) is 4.39 Å². The lowest BCUT2D eigenvalue weighted by Gasteiger charge is -2.35. The topological polar surface area (TPSA) is 58.6 Å². The van der Waals surface area contributed by atoms with E-state index in [0.717, 1.165) is 11.1 Å². The van der Waals surface area contributed by atoms with Gasteiger partial charge in [0, 0.05) is 13.1 Å². The maximum Gasteiger partial charge on any atom is 0.261 e. The molecule has 1 aliphatic heterocycles. The third-order valence-corrected chi connectivity index (χ3v) is 4.56. The summed E-state index contributed by atoms with van der Waals surface area (Å²) >= 11 is 0. The van der Waals surface area contributed by atoms with Crippen LogP contribution >= 0.6 is 0 Å². The number of aryl methyl sites for hydroxylation is 2. The first-order valence-electron chi connectivity index (χ1n) is 8.48. The monoisotopic (exact) mass is 356 g/mol. The predicted molar refractivity (Wildman–Crippen MR) is 95.3 cm³/mol. The molecule has 0 bridgehead atoms. The second kappa shape index (κ2) is 7.56. The van der Waals surface area contributed by atoms with Gasteiger partial charge in [0.2, 0.25) is 5.91 Å². The zero-order valence-corrected chi connectivity index (χ0v) is 14.8. The molecule has 2 amide bonds. The van der Waals surface area contributed by atoms with Gasteiger partial charge in [-0.3, -0.25) is 9.59 Å². The second-order valence-electron chi connectivity index (χ2n) is 6.37. The van der Waals surface area contributed by atoms with E-state index in [2.05, 4.69) is 5.32 Å². The van der Waals surface area contributed by atoms with Crippen LogP contribution in [-0.2, 0) is 9.59 Å². The molecular formula is C20H21FN2O3. The number of nitrogens with zero attached hydrogens (tertiary/aromatic N) is 1. The van der Waals surface area contributed by atoms with E-state index in [0.29, 0.717) is 24.4 Å². The van der Waals surface area contributed by atoms with Crippen molar-refractivity contribution < 1.29 is 18.7 Å². The summed E-state index contributed by atoms with van der Waals surface area (Å²) < 4.78 is 18.8. The Labute approximate surface area is 151 Å². The molecule has 0 spiro atoms. The molecule has 1 atom stereocenters. The molecule has 3 rings (SSSR count). The molecule has 1 N–H and O–H groups in total. The second-order valence-corrected chi connectivity index (χ2v) is 6.37. The van der Waals surface area contributed by atoms with Crippen molar-refractivity contribution >= 4 is 11.8 Å². The van der Waals surface area contributed by atoms with Crippen LogP contribution in [0.5, 0.6) is 5.75 Å². The SMILES string of the molecule is Cc1ccc(OCC(=O)N2CCNC(=O)C2c2ccc(F)cc2)cc1C. The Morgan fingerprint density at radius 3 is 2.62 bits per heavy atom. The number of ether oxygens (including phenoxy) is 1. The van der Waals surface area contributed by atoms with E-state index in [1.165, 1.54) is 29.2 Å². The minimum atomic E-state index is -0.778. The highest BCUT2D eigenvalue weighted by Gasteiger charge is 2.34. The van der Waals surface area contributed by atoms with Crippen molar-refractivity contribution in [3.63, 3.8) is 0 Å². The number of nitrogens with one attached hydrogen (secondary N) is 1. The molecule has 1 unspecified atom stereocenters. The molecule has 2 aromatic rings. The summed E-state index contributed by atoms with van der Waals surface area (Å²) in [6.07, 6.45) is 0. The molecule has 2 aromatic carbocycles. The standard InChI is InChI=1S/C20H21FN2O3/c1-13-3-8-17(11-14(13)2)26-12-18(24)23-10-9-22-20(25)19(23)15-4-6-16(21)7-5-15/h3-8,11,19H,9-10,12H2,1-2H3,(H,22,25). The Kier molecular flexibility index (Phi) is 5.21. The predicted octanol–water partition coefficient (Wildman–Crippen LogP) is 2.52. The van der Waals surface area contributed by atoms with Crippen LogP contribution in [0.3, 0.4) is 0 Å². The lowest BCUT2D eigenvalue weighted by Crippen LogP contribution is -2.53. The highest BCUT2D eigenvalue weighted by Crippen LogP contribution is 2.24. The summed E-state index contributed by atoms with van der Waals surface area (Å²) in [5, 5.41) is 2.75. The Morgan fingerprint density at radius 2 is 1.92 bits per heavy atom. The van der Waals surface area contributed by atoms with Crippen molar-refractivity contribution in [3.05, 3.63) is 65.0 Å². The normalized spacial score (nSPS) is 17.0. The maximum atomic E-state index is 13.2. The average Bonchev–Trinajstić information content (AvgIpc) is 2.63. The van der Waals surface area contributed by atoms with Crippen LogP contribution in [-0.4, -0.2) is 36.4 Å². The average molecular weight is 356 g/mol. The number of piperazine rings is 1. The van der Waals surface area contributed by atoms with E-state index in [4.69, 9.17) is 4.74 Å². The van der Waals surface area contributed by atoms with Gasteiger partial charge in [0.25, 0.3) is 5.91 Å². The molecule has 1 heterocycles. The van der Waals surface area contributed by atoms with Crippen LogP contribution in [0.25, 0.3) is 0 Å². The van der Waals surface area contributed by atoms with Gasteiger partial charge in [-0.05, 0) is 54.8 Å². The molecule has 0 radical (unpaired) electrons. The van der Waals surface area contributed by atoms with Gasteiger partial charge in [-0.15, -0.1) is 0 Å². The van der Waals surface area contributed by atoms with Crippen LogP contribution < -0.4 is 10.1 Å². The number of hydrogen-bond acceptors (Lipinski definition) is 3. The van der Waals surface area contributed by atoms with Crippen LogP contribution in [0.1, 0.15) is 22.7 Å². The molecular weight excluding hydrogens is 335 g/mol. The van der Waals surface area contributed by atoms with Gasteiger partial charge in [0.15, 0.2) is 6.61 Å². The summed E-state index contributed by atoms with van der Waals surface area (Å²) in [7, 11) is 0. The van der Waals surface area contributed by atoms with Gasteiger partial charge in [-0.2, -0.15) is 0 Å². The fourth-order valence-corrected chi connectivity index (χ4v) is 2.94. The highest BCUT2D eigenvalue weighted by molar-refractivity contribution is 5.90. The van der Waals surface area contributed by atoms with Crippen molar-refractivity contribution in [2.24, 2.45) is 0 Å². The minimum absolute atomic E-state index is 0.159. The van der Waals surface area contributed by atoms with Gasteiger partial charge in [0.1, 0.15) is 17.6 Å². The van der Waals surface area contributed by atoms with E-state index in [-0.39, 0.29) is 24.2 Å². The third kappa shape index (κ3) is 3.85. The zero-order chi connectivity index (χ0) is 18.7.